The summed E-state index contributed by atoms with van der Waals surface area (Å²) in [5, 5.41) is 3.19. The molecule has 0 aliphatic rings. The average molecular weight is 284 g/mol. The number of nitrogens with one attached hydrogen (secondary N) is 1. The van der Waals surface area contributed by atoms with Gasteiger partial charge >= 0.3 is 0 Å². The molecule has 0 heterocycles. The van der Waals surface area contributed by atoms with E-state index < -0.39 is 11.6 Å². The van der Waals surface area contributed by atoms with Gasteiger partial charge in [0.1, 0.15) is 17.3 Å². The summed E-state index contributed by atoms with van der Waals surface area (Å²) < 4.78 is 28.1. The second kappa shape index (κ2) is 8.20. The summed E-state index contributed by atoms with van der Waals surface area (Å²) in [4.78, 5) is 1.65. The molecule has 0 unspecified atom stereocenters. The van der Waals surface area contributed by atoms with E-state index >= 15 is 0 Å². The number of anilines is 1. The maximum atomic E-state index is 14.1. The van der Waals surface area contributed by atoms with Crippen molar-refractivity contribution in [1.29, 1.82) is 0 Å². The Bertz CT molecular complexity index is 396. The number of hydrogen-bond acceptors (Lipinski definition) is 2. The van der Waals surface area contributed by atoms with E-state index in [2.05, 4.69) is 26.1 Å². The van der Waals surface area contributed by atoms with Crippen molar-refractivity contribution in [3.63, 3.8) is 0 Å². The van der Waals surface area contributed by atoms with Gasteiger partial charge in [0, 0.05) is 20.1 Å². The fraction of sp³-hybridized carbons (Fsp3) is 0.625. The van der Waals surface area contributed by atoms with Crippen molar-refractivity contribution in [2.75, 3.05) is 25.0 Å². The van der Waals surface area contributed by atoms with Crippen LogP contribution in [0.3, 0.4) is 0 Å². The molecule has 20 heavy (non-hydrogen) atoms. The van der Waals surface area contributed by atoms with Crippen LogP contribution in [0.2, 0.25) is 0 Å². The van der Waals surface area contributed by atoms with Gasteiger partial charge in [0.15, 0.2) is 0 Å². The number of rotatable bonds is 8. The van der Waals surface area contributed by atoms with Crippen LogP contribution < -0.4 is 10.2 Å². The fourth-order valence-electron chi connectivity index (χ4n) is 2.10. The maximum Gasteiger partial charge on any atom is 0.149 e. The molecule has 1 aromatic rings. The van der Waals surface area contributed by atoms with Gasteiger partial charge in [-0.15, -0.1) is 0 Å². The van der Waals surface area contributed by atoms with Gasteiger partial charge in [0.2, 0.25) is 0 Å². The molecule has 4 heteroatoms. The third-order valence-electron chi connectivity index (χ3n) is 3.19. The van der Waals surface area contributed by atoms with Gasteiger partial charge in [-0.05, 0) is 36.6 Å². The van der Waals surface area contributed by atoms with Gasteiger partial charge in [-0.3, -0.25) is 0 Å². The molecule has 0 saturated carbocycles. The zero-order valence-corrected chi connectivity index (χ0v) is 13.0. The van der Waals surface area contributed by atoms with Crippen molar-refractivity contribution in [2.45, 2.75) is 40.2 Å². The first-order valence-corrected chi connectivity index (χ1v) is 7.35. The number of nitrogens with zero attached hydrogens (tertiary/aromatic N) is 1. The highest BCUT2D eigenvalue weighted by Gasteiger charge is 2.15. The molecule has 0 saturated heterocycles. The van der Waals surface area contributed by atoms with Gasteiger partial charge in [-0.25, -0.2) is 8.78 Å². The fourth-order valence-corrected chi connectivity index (χ4v) is 2.10. The molecule has 114 valence electrons. The molecule has 0 bridgehead atoms. The normalized spacial score (nSPS) is 11.2. The van der Waals surface area contributed by atoms with Crippen LogP contribution >= 0.6 is 0 Å². The smallest absolute Gasteiger partial charge is 0.149 e. The summed E-state index contributed by atoms with van der Waals surface area (Å²) >= 11 is 0. The second-order valence-corrected chi connectivity index (χ2v) is 5.71. The first-order chi connectivity index (χ1) is 9.45. The lowest BCUT2D eigenvalue weighted by molar-refractivity contribution is 0.542. The third kappa shape index (κ3) is 5.08. The Labute approximate surface area is 121 Å². The summed E-state index contributed by atoms with van der Waals surface area (Å²) in [6.07, 6.45) is 1.93. The Hall–Kier alpha value is -1.16. The lowest BCUT2D eigenvalue weighted by Gasteiger charge is -2.21. The molecule has 0 amide bonds. The van der Waals surface area contributed by atoms with E-state index in [4.69, 9.17) is 0 Å². The van der Waals surface area contributed by atoms with Gasteiger partial charge in [0.25, 0.3) is 0 Å². The van der Waals surface area contributed by atoms with Gasteiger partial charge in [0.05, 0.1) is 0 Å². The van der Waals surface area contributed by atoms with Crippen LogP contribution in [0.1, 0.15) is 39.2 Å². The topological polar surface area (TPSA) is 15.3 Å². The summed E-state index contributed by atoms with van der Waals surface area (Å²) in [6.45, 7) is 8.24. The number of halogens is 2. The summed E-state index contributed by atoms with van der Waals surface area (Å²) in [6, 6.07) is 2.85. The Balaban J connectivity index is 2.75. The molecule has 0 atom stereocenters. The average Bonchev–Trinajstić information content (AvgIpc) is 2.35. The minimum absolute atomic E-state index is 0.0751. The van der Waals surface area contributed by atoms with Crippen molar-refractivity contribution in [3.05, 3.63) is 29.3 Å². The number of benzene rings is 1. The minimum Gasteiger partial charge on any atom is -0.370 e. The zero-order valence-electron chi connectivity index (χ0n) is 13.0. The van der Waals surface area contributed by atoms with Crippen LogP contribution in [0, 0.1) is 17.6 Å². The van der Waals surface area contributed by atoms with Crippen LogP contribution in [0.4, 0.5) is 14.5 Å². The first-order valence-electron chi connectivity index (χ1n) is 7.35. The molecule has 0 aliphatic carbocycles. The molecule has 2 nitrogen and oxygen atoms in total. The predicted octanol–water partition coefficient (Wildman–Crippen LogP) is 3.95. The Morgan fingerprint density at radius 3 is 2.30 bits per heavy atom. The quantitative estimate of drug-likeness (QED) is 0.777. The third-order valence-corrected chi connectivity index (χ3v) is 3.19. The van der Waals surface area contributed by atoms with E-state index in [0.29, 0.717) is 24.6 Å². The minimum atomic E-state index is -0.482. The Kier molecular flexibility index (Phi) is 6.93. The largest absolute Gasteiger partial charge is 0.370 e. The van der Waals surface area contributed by atoms with E-state index in [9.17, 15) is 8.78 Å². The molecule has 0 spiro atoms. The second-order valence-electron chi connectivity index (χ2n) is 5.71. The Morgan fingerprint density at radius 1 is 1.20 bits per heavy atom. The van der Waals surface area contributed by atoms with Gasteiger partial charge < -0.3 is 10.2 Å². The monoisotopic (exact) mass is 284 g/mol. The van der Waals surface area contributed by atoms with E-state index in [1.165, 1.54) is 12.1 Å². The van der Waals surface area contributed by atoms with E-state index in [0.717, 1.165) is 19.4 Å². The standard InChI is InChI=1S/C16H26F2N2/c1-5-6-7-20(4)16-14(17)8-13(9-15(16)18)11-19-10-12(2)3/h8-9,12,19H,5-7,10-11H2,1-4H3. The SMILES string of the molecule is CCCCN(C)c1c(F)cc(CNCC(C)C)cc1F. The zero-order chi connectivity index (χ0) is 15.1. The van der Waals surface area contributed by atoms with Crippen LogP contribution in [-0.2, 0) is 6.54 Å². The van der Waals surface area contributed by atoms with Crippen LogP contribution in [0.15, 0.2) is 12.1 Å². The van der Waals surface area contributed by atoms with Crippen molar-refractivity contribution < 1.29 is 8.78 Å². The molecule has 0 fully saturated rings. The maximum absolute atomic E-state index is 14.1. The molecular formula is C16H26F2N2. The van der Waals surface area contributed by atoms with Crippen molar-refractivity contribution in [1.82, 2.24) is 5.32 Å². The summed E-state index contributed by atoms with van der Waals surface area (Å²) in [5.74, 6) is -0.445. The molecule has 1 aromatic carbocycles. The highest BCUT2D eigenvalue weighted by atomic mass is 19.1. The number of hydrogen-bond donors (Lipinski definition) is 1. The van der Waals surface area contributed by atoms with Gasteiger partial charge in [-0.2, -0.15) is 0 Å². The summed E-state index contributed by atoms with van der Waals surface area (Å²) in [7, 11) is 1.73. The number of unbranched alkanes of at least 4 members (excludes halogenated alkanes) is 1. The highest BCUT2D eigenvalue weighted by molar-refractivity contribution is 5.50. The predicted molar refractivity (Wildman–Crippen MR) is 81.1 cm³/mol. The van der Waals surface area contributed by atoms with Gasteiger partial charge in [-0.1, -0.05) is 27.2 Å². The Morgan fingerprint density at radius 2 is 1.80 bits per heavy atom. The summed E-state index contributed by atoms with van der Waals surface area (Å²) in [5.41, 5.74) is 0.722. The van der Waals surface area contributed by atoms with E-state index in [-0.39, 0.29) is 5.69 Å². The van der Waals surface area contributed by atoms with E-state index in [1.54, 1.807) is 11.9 Å². The lowest BCUT2D eigenvalue weighted by Crippen LogP contribution is -2.22. The van der Waals surface area contributed by atoms with Crippen molar-refractivity contribution >= 4 is 5.69 Å². The highest BCUT2D eigenvalue weighted by Crippen LogP contribution is 2.24. The van der Waals surface area contributed by atoms with Crippen LogP contribution in [0.25, 0.3) is 0 Å². The van der Waals surface area contributed by atoms with Crippen LogP contribution in [-0.4, -0.2) is 20.1 Å². The van der Waals surface area contributed by atoms with E-state index in [1.807, 2.05) is 0 Å². The molecule has 0 aliphatic heterocycles. The van der Waals surface area contributed by atoms with Crippen LogP contribution in [0.5, 0.6) is 0 Å². The molecule has 0 radical (unpaired) electrons. The van der Waals surface area contributed by atoms with Crippen molar-refractivity contribution in [3.8, 4) is 0 Å². The molecule has 0 aromatic heterocycles. The molecular weight excluding hydrogens is 258 g/mol. The molecule has 1 rings (SSSR count). The van der Waals surface area contributed by atoms with Crippen molar-refractivity contribution in [2.24, 2.45) is 5.92 Å². The first kappa shape index (κ1) is 16.9. The lowest BCUT2D eigenvalue weighted by atomic mass is 10.1. The molecule has 1 N–H and O–H groups in total.